The van der Waals surface area contributed by atoms with Gasteiger partial charge in [0.15, 0.2) is 0 Å². The van der Waals surface area contributed by atoms with E-state index in [0.717, 1.165) is 6.42 Å². The number of nitrogens with two attached hydrogens (primary N) is 1. The van der Waals surface area contributed by atoms with Crippen molar-refractivity contribution < 1.29 is 22.7 Å². The molecular formula is C12H18N2O5S. The minimum atomic E-state index is -3.90. The van der Waals surface area contributed by atoms with E-state index in [1.54, 1.807) is 0 Å². The molecule has 0 saturated carbocycles. The average Bonchev–Trinajstić information content (AvgIpc) is 2.64. The topological polar surface area (TPSA) is 114 Å². The van der Waals surface area contributed by atoms with E-state index in [-0.39, 0.29) is 34.6 Å². The van der Waals surface area contributed by atoms with Gasteiger partial charge in [0, 0.05) is 19.1 Å². The minimum absolute atomic E-state index is 0.0925. The van der Waals surface area contributed by atoms with Crippen LogP contribution in [0.1, 0.15) is 34.7 Å². The Bertz CT molecular complexity index is 635. The molecule has 1 aliphatic heterocycles. The molecule has 8 heteroatoms. The van der Waals surface area contributed by atoms with Gasteiger partial charge in [-0.3, -0.25) is 0 Å². The van der Waals surface area contributed by atoms with E-state index in [9.17, 15) is 18.3 Å². The molecule has 3 N–H and O–H groups in total. The van der Waals surface area contributed by atoms with E-state index >= 15 is 0 Å². The van der Waals surface area contributed by atoms with Gasteiger partial charge in [0.05, 0.1) is 0 Å². The molecule has 1 saturated heterocycles. The zero-order chi connectivity index (χ0) is 15.1. The van der Waals surface area contributed by atoms with Gasteiger partial charge in [-0.15, -0.1) is 0 Å². The number of nitrogens with zero attached hydrogens (tertiary/aromatic N) is 1. The van der Waals surface area contributed by atoms with Crippen LogP contribution in [-0.2, 0) is 10.0 Å². The quantitative estimate of drug-likeness (QED) is 0.849. The zero-order valence-electron chi connectivity index (χ0n) is 11.4. The van der Waals surface area contributed by atoms with Gasteiger partial charge in [0.1, 0.15) is 22.0 Å². The van der Waals surface area contributed by atoms with Gasteiger partial charge in [-0.25, -0.2) is 13.2 Å². The molecule has 1 aromatic rings. The summed E-state index contributed by atoms with van der Waals surface area (Å²) in [4.78, 5) is 11.0. The molecule has 1 aromatic heterocycles. The number of aromatic carboxylic acids is 1. The highest BCUT2D eigenvalue weighted by molar-refractivity contribution is 7.89. The summed E-state index contributed by atoms with van der Waals surface area (Å²) in [7, 11) is -3.90. The number of piperidine rings is 1. The smallest absolute Gasteiger partial charge is 0.340 e. The van der Waals surface area contributed by atoms with Crippen molar-refractivity contribution in [2.24, 2.45) is 5.73 Å². The predicted octanol–water partition coefficient (Wildman–Crippen LogP) is 0.706. The fourth-order valence-corrected chi connectivity index (χ4v) is 4.45. The van der Waals surface area contributed by atoms with E-state index in [4.69, 9.17) is 10.2 Å². The zero-order valence-corrected chi connectivity index (χ0v) is 12.2. The number of furan rings is 1. The Labute approximate surface area is 117 Å². The van der Waals surface area contributed by atoms with Crippen molar-refractivity contribution in [3.63, 3.8) is 0 Å². The number of carboxylic acids is 1. The molecule has 20 heavy (non-hydrogen) atoms. The predicted molar refractivity (Wildman–Crippen MR) is 71.1 cm³/mol. The van der Waals surface area contributed by atoms with E-state index < -0.39 is 16.0 Å². The second-order valence-corrected chi connectivity index (χ2v) is 6.86. The van der Waals surface area contributed by atoms with E-state index in [1.807, 2.05) is 0 Å². The third kappa shape index (κ3) is 2.46. The number of carbonyl (C=O) groups is 1. The molecule has 1 fully saturated rings. The molecule has 1 aliphatic rings. The first kappa shape index (κ1) is 15.0. The van der Waals surface area contributed by atoms with Crippen LogP contribution in [0, 0.1) is 13.8 Å². The molecule has 112 valence electrons. The first-order valence-corrected chi connectivity index (χ1v) is 7.78. The summed E-state index contributed by atoms with van der Waals surface area (Å²) >= 11 is 0. The molecule has 0 amide bonds. The maximum absolute atomic E-state index is 12.6. The molecule has 1 unspecified atom stereocenters. The highest BCUT2D eigenvalue weighted by Crippen LogP contribution is 2.30. The SMILES string of the molecule is Cc1oc(C)c(S(=O)(=O)N2CCCC(N)C2)c1C(=O)O. The number of hydrogen-bond acceptors (Lipinski definition) is 5. The van der Waals surface area contributed by atoms with Crippen LogP contribution in [0.2, 0.25) is 0 Å². The van der Waals surface area contributed by atoms with Crippen molar-refractivity contribution in [3.05, 3.63) is 17.1 Å². The monoisotopic (exact) mass is 302 g/mol. The maximum Gasteiger partial charge on any atom is 0.340 e. The normalized spacial score (nSPS) is 21.1. The summed E-state index contributed by atoms with van der Waals surface area (Å²) < 4.78 is 31.7. The highest BCUT2D eigenvalue weighted by atomic mass is 32.2. The van der Waals surface area contributed by atoms with E-state index in [1.165, 1.54) is 18.2 Å². The minimum Gasteiger partial charge on any atom is -0.478 e. The van der Waals surface area contributed by atoms with Crippen LogP contribution in [0.15, 0.2) is 9.31 Å². The van der Waals surface area contributed by atoms with Crippen molar-refractivity contribution in [1.29, 1.82) is 0 Å². The second-order valence-electron chi connectivity index (χ2n) is 4.99. The van der Waals surface area contributed by atoms with Gasteiger partial charge in [-0.2, -0.15) is 4.31 Å². The van der Waals surface area contributed by atoms with Crippen molar-refractivity contribution in [2.45, 2.75) is 37.6 Å². The van der Waals surface area contributed by atoms with Crippen LogP contribution in [0.5, 0.6) is 0 Å². The molecule has 0 bridgehead atoms. The molecule has 2 rings (SSSR count). The lowest BCUT2D eigenvalue weighted by Crippen LogP contribution is -2.45. The molecule has 7 nitrogen and oxygen atoms in total. The summed E-state index contributed by atoms with van der Waals surface area (Å²) in [6.45, 7) is 3.44. The van der Waals surface area contributed by atoms with Gasteiger partial charge in [0.25, 0.3) is 0 Å². The van der Waals surface area contributed by atoms with Crippen LogP contribution < -0.4 is 5.73 Å². The van der Waals surface area contributed by atoms with Gasteiger partial charge in [0.2, 0.25) is 10.0 Å². The van der Waals surface area contributed by atoms with Gasteiger partial charge in [-0.05, 0) is 26.7 Å². The second kappa shape index (κ2) is 5.19. The Hall–Kier alpha value is -1.38. The van der Waals surface area contributed by atoms with Crippen molar-refractivity contribution in [3.8, 4) is 0 Å². The third-order valence-electron chi connectivity index (χ3n) is 3.44. The van der Waals surface area contributed by atoms with Crippen molar-refractivity contribution in [2.75, 3.05) is 13.1 Å². The Morgan fingerprint density at radius 1 is 1.40 bits per heavy atom. The Morgan fingerprint density at radius 3 is 2.60 bits per heavy atom. The Balaban J connectivity index is 2.52. The van der Waals surface area contributed by atoms with E-state index in [0.29, 0.717) is 13.0 Å². The fourth-order valence-electron chi connectivity index (χ4n) is 2.54. The Morgan fingerprint density at radius 2 is 2.05 bits per heavy atom. The molecule has 1 atom stereocenters. The van der Waals surface area contributed by atoms with Gasteiger partial charge < -0.3 is 15.3 Å². The van der Waals surface area contributed by atoms with Crippen molar-refractivity contribution >= 4 is 16.0 Å². The number of rotatable bonds is 3. The number of aryl methyl sites for hydroxylation is 2. The molecular weight excluding hydrogens is 284 g/mol. The standard InChI is InChI=1S/C12H18N2O5S/c1-7-10(12(15)16)11(8(2)19-7)20(17,18)14-5-3-4-9(13)6-14/h9H,3-6,13H2,1-2H3,(H,15,16). The number of carboxylic acid groups (broad SMARTS) is 1. The van der Waals surface area contributed by atoms with Crippen LogP contribution in [0.4, 0.5) is 0 Å². The molecule has 0 spiro atoms. The molecule has 2 heterocycles. The van der Waals surface area contributed by atoms with Crippen LogP contribution >= 0.6 is 0 Å². The molecule has 0 aromatic carbocycles. The fraction of sp³-hybridized carbons (Fsp3) is 0.583. The van der Waals surface area contributed by atoms with Gasteiger partial charge >= 0.3 is 5.97 Å². The average molecular weight is 302 g/mol. The van der Waals surface area contributed by atoms with Gasteiger partial charge in [-0.1, -0.05) is 0 Å². The lowest BCUT2D eigenvalue weighted by Gasteiger charge is -2.29. The Kier molecular flexibility index (Phi) is 3.90. The van der Waals surface area contributed by atoms with Crippen LogP contribution in [-0.4, -0.2) is 42.9 Å². The lowest BCUT2D eigenvalue weighted by molar-refractivity contribution is 0.0691. The summed E-state index contributed by atoms with van der Waals surface area (Å²) in [6.07, 6.45) is 1.43. The maximum atomic E-state index is 12.6. The summed E-state index contributed by atoms with van der Waals surface area (Å²) in [5.74, 6) is -1.12. The first-order valence-electron chi connectivity index (χ1n) is 6.34. The molecule has 0 aliphatic carbocycles. The molecule has 0 radical (unpaired) electrons. The first-order chi connectivity index (χ1) is 9.25. The van der Waals surface area contributed by atoms with Crippen LogP contribution in [0.25, 0.3) is 0 Å². The van der Waals surface area contributed by atoms with E-state index in [2.05, 4.69) is 0 Å². The summed E-state index contributed by atoms with van der Waals surface area (Å²) in [5, 5.41) is 9.21. The highest BCUT2D eigenvalue weighted by Gasteiger charge is 2.36. The van der Waals surface area contributed by atoms with Crippen molar-refractivity contribution in [1.82, 2.24) is 4.31 Å². The van der Waals surface area contributed by atoms with Crippen LogP contribution in [0.3, 0.4) is 0 Å². The lowest BCUT2D eigenvalue weighted by atomic mass is 10.1. The summed E-state index contributed by atoms with van der Waals surface area (Å²) in [6, 6.07) is -0.222. The summed E-state index contributed by atoms with van der Waals surface area (Å²) in [5.41, 5.74) is 5.50. The third-order valence-corrected chi connectivity index (χ3v) is 5.46. The largest absolute Gasteiger partial charge is 0.478 e. The number of sulfonamides is 1. The number of hydrogen-bond donors (Lipinski definition) is 2.